The van der Waals surface area contributed by atoms with Gasteiger partial charge in [0.05, 0.1) is 0 Å². The van der Waals surface area contributed by atoms with Crippen molar-refractivity contribution in [2.24, 2.45) is 5.41 Å². The van der Waals surface area contributed by atoms with E-state index in [-0.39, 0.29) is 11.8 Å². The van der Waals surface area contributed by atoms with Crippen molar-refractivity contribution in [3.8, 4) is 0 Å². The lowest BCUT2D eigenvalue weighted by Crippen LogP contribution is -2.38. The van der Waals surface area contributed by atoms with E-state index >= 15 is 0 Å². The van der Waals surface area contributed by atoms with E-state index in [0.717, 1.165) is 28.9 Å². The maximum atomic E-state index is 12.6. The van der Waals surface area contributed by atoms with E-state index in [0.29, 0.717) is 12.1 Å². The Labute approximate surface area is 148 Å². The molecule has 1 N–H and O–H groups in total. The van der Waals surface area contributed by atoms with E-state index in [1.54, 1.807) is 6.07 Å². The molecule has 0 aromatic heterocycles. The molecular formula is C21H24N2O2. The molecule has 1 aliphatic heterocycles. The van der Waals surface area contributed by atoms with E-state index in [1.165, 1.54) is 0 Å². The number of carbonyl (C=O) groups is 2. The number of amides is 2. The fourth-order valence-corrected chi connectivity index (χ4v) is 3.08. The van der Waals surface area contributed by atoms with Crippen LogP contribution in [-0.2, 0) is 11.2 Å². The molecule has 1 heterocycles. The van der Waals surface area contributed by atoms with Crippen LogP contribution in [0.25, 0.3) is 0 Å². The molecule has 0 spiro atoms. The number of fused-ring (bicyclic) bond motifs is 1. The first-order chi connectivity index (χ1) is 11.8. The predicted molar refractivity (Wildman–Crippen MR) is 101 cm³/mol. The quantitative estimate of drug-likeness (QED) is 0.894. The minimum Gasteiger partial charge on any atom is -0.322 e. The Hall–Kier alpha value is -2.62. The van der Waals surface area contributed by atoms with Crippen molar-refractivity contribution in [3.63, 3.8) is 0 Å². The molecule has 0 unspecified atom stereocenters. The maximum Gasteiger partial charge on any atom is 0.255 e. The minimum atomic E-state index is -0.403. The molecule has 130 valence electrons. The van der Waals surface area contributed by atoms with E-state index in [2.05, 4.69) is 5.32 Å². The molecule has 0 fully saturated rings. The second-order valence-corrected chi connectivity index (χ2v) is 7.62. The molecule has 0 bridgehead atoms. The highest BCUT2D eigenvalue weighted by Crippen LogP contribution is 2.33. The highest BCUT2D eigenvalue weighted by atomic mass is 16.2. The third-order valence-corrected chi connectivity index (χ3v) is 4.40. The largest absolute Gasteiger partial charge is 0.322 e. The van der Waals surface area contributed by atoms with E-state index in [9.17, 15) is 9.59 Å². The van der Waals surface area contributed by atoms with Crippen LogP contribution < -0.4 is 10.2 Å². The summed E-state index contributed by atoms with van der Waals surface area (Å²) < 4.78 is 0. The van der Waals surface area contributed by atoms with E-state index in [1.807, 2.05) is 69.0 Å². The Morgan fingerprint density at radius 3 is 2.52 bits per heavy atom. The number of anilines is 2. The van der Waals surface area contributed by atoms with Gasteiger partial charge in [-0.2, -0.15) is 0 Å². The topological polar surface area (TPSA) is 49.4 Å². The maximum absolute atomic E-state index is 12.6. The fourth-order valence-electron chi connectivity index (χ4n) is 3.08. The number of benzene rings is 2. The first-order valence-corrected chi connectivity index (χ1v) is 8.58. The minimum absolute atomic E-state index is 0.121. The summed E-state index contributed by atoms with van der Waals surface area (Å²) >= 11 is 0. The summed E-state index contributed by atoms with van der Waals surface area (Å²) in [5.41, 5.74) is 4.10. The molecule has 1 aliphatic rings. The molecule has 0 atom stereocenters. The smallest absolute Gasteiger partial charge is 0.255 e. The molecule has 2 amide bonds. The van der Waals surface area contributed by atoms with Crippen LogP contribution in [0.5, 0.6) is 0 Å². The monoisotopic (exact) mass is 336 g/mol. The van der Waals surface area contributed by atoms with Gasteiger partial charge in [0.2, 0.25) is 5.91 Å². The number of carbonyl (C=O) groups excluding carboxylic acids is 2. The van der Waals surface area contributed by atoms with E-state index in [4.69, 9.17) is 0 Å². The zero-order valence-electron chi connectivity index (χ0n) is 15.2. The van der Waals surface area contributed by atoms with Gasteiger partial charge in [0.25, 0.3) is 5.91 Å². The van der Waals surface area contributed by atoms with Gasteiger partial charge >= 0.3 is 0 Å². The number of hydrogen-bond acceptors (Lipinski definition) is 2. The van der Waals surface area contributed by atoms with Gasteiger partial charge in [0.1, 0.15) is 0 Å². The molecular weight excluding hydrogens is 312 g/mol. The lowest BCUT2D eigenvalue weighted by Gasteiger charge is -2.26. The van der Waals surface area contributed by atoms with Crippen molar-refractivity contribution in [1.82, 2.24) is 0 Å². The highest BCUT2D eigenvalue weighted by molar-refractivity contribution is 6.05. The summed E-state index contributed by atoms with van der Waals surface area (Å²) in [5.74, 6) is 0.00654. The van der Waals surface area contributed by atoms with Gasteiger partial charge < -0.3 is 10.2 Å². The van der Waals surface area contributed by atoms with Crippen LogP contribution in [0.15, 0.2) is 42.5 Å². The molecule has 25 heavy (non-hydrogen) atoms. The average molecular weight is 336 g/mol. The number of rotatable bonds is 2. The summed E-state index contributed by atoms with van der Waals surface area (Å²) in [6, 6.07) is 13.3. The van der Waals surface area contributed by atoms with E-state index < -0.39 is 5.41 Å². The van der Waals surface area contributed by atoms with Crippen molar-refractivity contribution in [3.05, 3.63) is 59.2 Å². The molecule has 0 aliphatic carbocycles. The summed E-state index contributed by atoms with van der Waals surface area (Å²) in [6.07, 6.45) is 0.811. The van der Waals surface area contributed by atoms with Gasteiger partial charge in [-0.25, -0.2) is 0 Å². The number of nitrogens with one attached hydrogen (secondary N) is 1. The Morgan fingerprint density at radius 2 is 1.84 bits per heavy atom. The van der Waals surface area contributed by atoms with Gasteiger partial charge in [-0.05, 0) is 49.2 Å². The van der Waals surface area contributed by atoms with Crippen molar-refractivity contribution < 1.29 is 9.59 Å². The molecule has 2 aromatic carbocycles. The van der Waals surface area contributed by atoms with Crippen molar-refractivity contribution in [2.45, 2.75) is 34.1 Å². The third kappa shape index (κ3) is 3.58. The average Bonchev–Trinajstić information content (AvgIpc) is 2.96. The summed E-state index contributed by atoms with van der Waals surface area (Å²) in [7, 11) is 0. The Bertz CT molecular complexity index is 834. The molecule has 4 nitrogen and oxygen atoms in total. The van der Waals surface area contributed by atoms with Crippen LogP contribution in [0.4, 0.5) is 11.4 Å². The Kier molecular flexibility index (Phi) is 4.38. The van der Waals surface area contributed by atoms with Crippen LogP contribution in [0.2, 0.25) is 0 Å². The first kappa shape index (κ1) is 17.2. The molecule has 0 saturated carbocycles. The molecule has 2 aromatic rings. The Balaban J connectivity index is 1.79. The number of hydrogen-bond donors (Lipinski definition) is 1. The van der Waals surface area contributed by atoms with Gasteiger partial charge in [0.15, 0.2) is 0 Å². The summed E-state index contributed by atoms with van der Waals surface area (Å²) in [6.45, 7) is 8.46. The first-order valence-electron chi connectivity index (χ1n) is 8.58. The zero-order chi connectivity index (χ0) is 18.2. The summed E-state index contributed by atoms with van der Waals surface area (Å²) in [5, 5.41) is 2.95. The second-order valence-electron chi connectivity index (χ2n) is 7.62. The SMILES string of the molecule is Cc1cccc(C(=O)Nc2ccc3c(c2)CCN3C(=O)C(C)(C)C)c1. The normalized spacial score (nSPS) is 13.5. The van der Waals surface area contributed by atoms with Gasteiger partial charge in [-0.3, -0.25) is 9.59 Å². The fraction of sp³-hybridized carbons (Fsp3) is 0.333. The van der Waals surface area contributed by atoms with Crippen LogP contribution >= 0.6 is 0 Å². The molecule has 4 heteroatoms. The molecule has 0 radical (unpaired) electrons. The zero-order valence-corrected chi connectivity index (χ0v) is 15.2. The number of aryl methyl sites for hydroxylation is 1. The highest BCUT2D eigenvalue weighted by Gasteiger charge is 2.32. The van der Waals surface area contributed by atoms with Crippen molar-refractivity contribution in [1.29, 1.82) is 0 Å². The van der Waals surface area contributed by atoms with Crippen molar-refractivity contribution in [2.75, 3.05) is 16.8 Å². The van der Waals surface area contributed by atoms with Crippen LogP contribution in [0, 0.1) is 12.3 Å². The second kappa shape index (κ2) is 6.36. The lowest BCUT2D eigenvalue weighted by atomic mass is 9.94. The Morgan fingerprint density at radius 1 is 1.08 bits per heavy atom. The van der Waals surface area contributed by atoms with Crippen LogP contribution in [0.1, 0.15) is 42.3 Å². The lowest BCUT2D eigenvalue weighted by molar-refractivity contribution is -0.125. The summed E-state index contributed by atoms with van der Waals surface area (Å²) in [4.78, 5) is 26.8. The van der Waals surface area contributed by atoms with Crippen LogP contribution in [0.3, 0.4) is 0 Å². The van der Waals surface area contributed by atoms with Gasteiger partial charge in [-0.1, -0.05) is 38.5 Å². The van der Waals surface area contributed by atoms with Gasteiger partial charge in [-0.15, -0.1) is 0 Å². The third-order valence-electron chi connectivity index (χ3n) is 4.40. The van der Waals surface area contributed by atoms with Gasteiger partial charge in [0, 0.05) is 28.9 Å². The van der Waals surface area contributed by atoms with Crippen molar-refractivity contribution >= 4 is 23.2 Å². The predicted octanol–water partition coefficient (Wildman–Crippen LogP) is 4.18. The molecule has 0 saturated heterocycles. The standard InChI is InChI=1S/C21H24N2O2/c1-14-6-5-7-16(12-14)19(24)22-17-8-9-18-15(13-17)10-11-23(18)20(25)21(2,3)4/h5-9,12-13H,10-11H2,1-4H3,(H,22,24). The number of nitrogens with zero attached hydrogens (tertiary/aromatic N) is 1. The van der Waals surface area contributed by atoms with Crippen LogP contribution in [-0.4, -0.2) is 18.4 Å². The molecule has 3 rings (SSSR count).